The van der Waals surface area contributed by atoms with Gasteiger partial charge in [-0.3, -0.25) is 14.5 Å². The summed E-state index contributed by atoms with van der Waals surface area (Å²) in [6, 6.07) is 17.9. The third kappa shape index (κ3) is 4.48. The maximum Gasteiger partial charge on any atom is 0.295 e. The zero-order valence-corrected chi connectivity index (χ0v) is 21.7. The van der Waals surface area contributed by atoms with E-state index in [-0.39, 0.29) is 17.1 Å². The largest absolute Gasteiger partial charge is 0.497 e. The highest BCUT2D eigenvalue weighted by atomic mass is 16.5. The molecule has 37 heavy (non-hydrogen) atoms. The third-order valence-corrected chi connectivity index (χ3v) is 7.03. The van der Waals surface area contributed by atoms with Crippen LogP contribution in [0.3, 0.4) is 0 Å². The Bertz CT molecular complexity index is 1520. The molecule has 0 radical (unpaired) electrons. The van der Waals surface area contributed by atoms with Crippen LogP contribution in [-0.2, 0) is 0 Å². The van der Waals surface area contributed by atoms with Gasteiger partial charge >= 0.3 is 0 Å². The number of ether oxygens (including phenoxy) is 2. The Hall–Kier alpha value is -4.06. The Morgan fingerprint density at radius 2 is 1.68 bits per heavy atom. The van der Waals surface area contributed by atoms with E-state index in [0.29, 0.717) is 40.3 Å². The molecular formula is C31H31NO5. The summed E-state index contributed by atoms with van der Waals surface area (Å²) in [7, 11) is 1.60. The number of fused-ring (bicyclic) bond motifs is 2. The van der Waals surface area contributed by atoms with Crippen LogP contribution in [0.15, 0.2) is 69.9 Å². The van der Waals surface area contributed by atoms with Crippen molar-refractivity contribution in [3.05, 3.63) is 98.9 Å². The minimum atomic E-state index is -0.655. The van der Waals surface area contributed by atoms with E-state index in [1.54, 1.807) is 24.1 Å². The molecule has 6 nitrogen and oxygen atoms in total. The molecule has 1 aliphatic rings. The summed E-state index contributed by atoms with van der Waals surface area (Å²) < 4.78 is 17.5. The van der Waals surface area contributed by atoms with Gasteiger partial charge in [-0.1, -0.05) is 31.9 Å². The van der Waals surface area contributed by atoms with Gasteiger partial charge in [0.1, 0.15) is 17.1 Å². The Balaban J connectivity index is 1.67. The zero-order chi connectivity index (χ0) is 26.1. The van der Waals surface area contributed by atoms with Crippen LogP contribution in [0.1, 0.15) is 65.0 Å². The SMILES string of the molecule is CCCCCOc1cccc(C2c3c(oc4cc(C)c(C)cc4c3=O)C(=O)N2c2ccc(OC)cc2)c1. The molecule has 5 rings (SSSR count). The summed E-state index contributed by atoms with van der Waals surface area (Å²) in [5.41, 5.74) is 4.00. The number of rotatable bonds is 8. The van der Waals surface area contributed by atoms with Crippen LogP contribution in [0.5, 0.6) is 11.5 Å². The number of benzene rings is 3. The van der Waals surface area contributed by atoms with Gasteiger partial charge in [0.25, 0.3) is 5.91 Å². The van der Waals surface area contributed by atoms with Crippen LogP contribution in [0, 0.1) is 13.8 Å². The van der Waals surface area contributed by atoms with Crippen LogP contribution in [0.2, 0.25) is 0 Å². The molecule has 4 aromatic rings. The summed E-state index contributed by atoms with van der Waals surface area (Å²) in [5, 5.41) is 0.475. The number of anilines is 1. The molecule has 1 atom stereocenters. The Morgan fingerprint density at radius 1 is 0.919 bits per heavy atom. The van der Waals surface area contributed by atoms with E-state index in [9.17, 15) is 9.59 Å². The number of nitrogens with zero attached hydrogens (tertiary/aromatic N) is 1. The summed E-state index contributed by atoms with van der Waals surface area (Å²) in [5.74, 6) is 1.12. The maximum absolute atomic E-state index is 13.9. The van der Waals surface area contributed by atoms with Crippen molar-refractivity contribution in [2.24, 2.45) is 0 Å². The molecule has 2 heterocycles. The van der Waals surface area contributed by atoms with Crippen molar-refractivity contribution in [3.63, 3.8) is 0 Å². The highest BCUT2D eigenvalue weighted by Gasteiger charge is 2.43. The molecule has 1 aromatic heterocycles. The van der Waals surface area contributed by atoms with Gasteiger partial charge in [-0.2, -0.15) is 0 Å². The summed E-state index contributed by atoms with van der Waals surface area (Å²) in [6.07, 6.45) is 3.18. The highest BCUT2D eigenvalue weighted by molar-refractivity contribution is 6.10. The molecule has 0 N–H and O–H groups in total. The van der Waals surface area contributed by atoms with E-state index in [1.807, 2.05) is 62.4 Å². The van der Waals surface area contributed by atoms with E-state index < -0.39 is 6.04 Å². The van der Waals surface area contributed by atoms with Crippen LogP contribution in [0.25, 0.3) is 11.0 Å². The predicted molar refractivity (Wildman–Crippen MR) is 145 cm³/mol. The fourth-order valence-electron chi connectivity index (χ4n) is 4.87. The average Bonchev–Trinajstić information content (AvgIpc) is 3.20. The first kappa shape index (κ1) is 24.6. The number of methoxy groups -OCH3 is 1. The van der Waals surface area contributed by atoms with Crippen molar-refractivity contribution >= 4 is 22.6 Å². The number of aryl methyl sites for hydroxylation is 2. The first-order valence-electron chi connectivity index (χ1n) is 12.7. The van der Waals surface area contributed by atoms with Crippen molar-refractivity contribution in [1.82, 2.24) is 0 Å². The van der Waals surface area contributed by atoms with Gasteiger partial charge in [0.15, 0.2) is 5.43 Å². The molecule has 3 aromatic carbocycles. The monoisotopic (exact) mass is 497 g/mol. The Kier molecular flexibility index (Phi) is 6.74. The van der Waals surface area contributed by atoms with Crippen molar-refractivity contribution < 1.29 is 18.7 Å². The van der Waals surface area contributed by atoms with Crippen LogP contribution < -0.4 is 19.8 Å². The molecule has 0 saturated carbocycles. The van der Waals surface area contributed by atoms with Crippen molar-refractivity contribution in [2.75, 3.05) is 18.6 Å². The van der Waals surface area contributed by atoms with Gasteiger partial charge in [0, 0.05) is 5.69 Å². The lowest BCUT2D eigenvalue weighted by atomic mass is 9.97. The molecule has 0 spiro atoms. The molecular weight excluding hydrogens is 466 g/mol. The minimum Gasteiger partial charge on any atom is -0.497 e. The third-order valence-electron chi connectivity index (χ3n) is 7.03. The van der Waals surface area contributed by atoms with E-state index in [2.05, 4.69) is 6.92 Å². The lowest BCUT2D eigenvalue weighted by Crippen LogP contribution is -2.29. The standard InChI is InChI=1S/C31H31NO5/c1-5-6-7-15-36-24-10-8-9-21(18-24)28-27-29(33)25-16-19(2)20(3)17-26(25)37-30(27)31(34)32(28)22-11-13-23(35-4)14-12-22/h8-14,16-18,28H,5-7,15H2,1-4H3. The van der Waals surface area contributed by atoms with Crippen LogP contribution in [-0.4, -0.2) is 19.6 Å². The fourth-order valence-corrected chi connectivity index (χ4v) is 4.87. The highest BCUT2D eigenvalue weighted by Crippen LogP contribution is 2.42. The number of carbonyl (C=O) groups excluding carboxylic acids is 1. The molecule has 1 amide bonds. The quantitative estimate of drug-likeness (QED) is 0.252. The molecule has 0 bridgehead atoms. The first-order chi connectivity index (χ1) is 17.9. The van der Waals surface area contributed by atoms with Gasteiger partial charge in [-0.05, 0) is 85.5 Å². The van der Waals surface area contributed by atoms with Crippen LogP contribution in [0.4, 0.5) is 5.69 Å². The van der Waals surface area contributed by atoms with Crippen molar-refractivity contribution in [1.29, 1.82) is 0 Å². The normalized spacial score (nSPS) is 14.8. The second-order valence-corrected chi connectivity index (χ2v) is 9.51. The lowest BCUT2D eigenvalue weighted by Gasteiger charge is -2.25. The molecule has 190 valence electrons. The summed E-state index contributed by atoms with van der Waals surface area (Å²) in [4.78, 5) is 29.4. The van der Waals surface area contributed by atoms with E-state index in [4.69, 9.17) is 13.9 Å². The van der Waals surface area contributed by atoms with Gasteiger partial charge in [0.05, 0.1) is 30.7 Å². The first-order valence-corrected chi connectivity index (χ1v) is 12.7. The molecule has 0 saturated heterocycles. The molecule has 1 aliphatic heterocycles. The predicted octanol–water partition coefficient (Wildman–Crippen LogP) is 6.74. The van der Waals surface area contributed by atoms with E-state index in [0.717, 1.165) is 36.0 Å². The maximum atomic E-state index is 13.9. The smallest absolute Gasteiger partial charge is 0.295 e. The second-order valence-electron chi connectivity index (χ2n) is 9.51. The molecule has 6 heteroatoms. The summed E-state index contributed by atoms with van der Waals surface area (Å²) in [6.45, 7) is 6.70. The van der Waals surface area contributed by atoms with E-state index in [1.165, 1.54) is 0 Å². The van der Waals surface area contributed by atoms with Gasteiger partial charge in [-0.25, -0.2) is 0 Å². The zero-order valence-electron chi connectivity index (χ0n) is 21.7. The topological polar surface area (TPSA) is 69.0 Å². The minimum absolute atomic E-state index is 0.0795. The average molecular weight is 498 g/mol. The number of carbonyl (C=O) groups is 1. The lowest BCUT2D eigenvalue weighted by molar-refractivity contribution is 0.0971. The van der Waals surface area contributed by atoms with Crippen molar-refractivity contribution in [2.45, 2.75) is 46.1 Å². The van der Waals surface area contributed by atoms with Gasteiger partial charge in [-0.15, -0.1) is 0 Å². The fraction of sp³-hybridized carbons (Fsp3) is 0.290. The second kappa shape index (κ2) is 10.1. The number of amides is 1. The van der Waals surface area contributed by atoms with Crippen molar-refractivity contribution in [3.8, 4) is 11.5 Å². The summed E-state index contributed by atoms with van der Waals surface area (Å²) >= 11 is 0. The van der Waals surface area contributed by atoms with Gasteiger partial charge in [0.2, 0.25) is 5.76 Å². The number of hydrogen-bond acceptors (Lipinski definition) is 5. The Morgan fingerprint density at radius 3 is 2.41 bits per heavy atom. The van der Waals surface area contributed by atoms with Crippen LogP contribution >= 0.6 is 0 Å². The molecule has 0 fully saturated rings. The van der Waals surface area contributed by atoms with Gasteiger partial charge < -0.3 is 13.9 Å². The number of hydrogen-bond donors (Lipinski definition) is 0. The van der Waals surface area contributed by atoms with E-state index >= 15 is 0 Å². The number of unbranched alkanes of at least 4 members (excludes halogenated alkanes) is 2. The molecule has 0 aliphatic carbocycles. The molecule has 1 unspecified atom stereocenters. The Labute approximate surface area is 216 Å².